The summed E-state index contributed by atoms with van der Waals surface area (Å²) in [5, 5.41) is 0. The van der Waals surface area contributed by atoms with Gasteiger partial charge >= 0.3 is 0 Å². The van der Waals surface area contributed by atoms with E-state index in [1.807, 2.05) is 29.0 Å². The lowest BCUT2D eigenvalue weighted by molar-refractivity contribution is 0.639. The first-order chi connectivity index (χ1) is 7.18. The normalized spacial score (nSPS) is 12.6. The Labute approximate surface area is 88.5 Å². The minimum absolute atomic E-state index is 0.218. The Hall–Kier alpha value is -1.97. The fraction of sp³-hybridized carbons (Fsp3) is 0.182. The maximum Gasteiger partial charge on any atom is 0.0951 e. The van der Waals surface area contributed by atoms with Crippen molar-refractivity contribution in [3.05, 3.63) is 42.5 Å². The van der Waals surface area contributed by atoms with Crippen LogP contribution in [0.4, 0.5) is 11.4 Å². The molecule has 4 heteroatoms. The molecule has 0 aliphatic heterocycles. The van der Waals surface area contributed by atoms with Gasteiger partial charge in [-0.25, -0.2) is 4.98 Å². The van der Waals surface area contributed by atoms with E-state index >= 15 is 0 Å². The molecule has 15 heavy (non-hydrogen) atoms. The number of imidazole rings is 1. The van der Waals surface area contributed by atoms with Crippen LogP contribution >= 0.6 is 0 Å². The van der Waals surface area contributed by atoms with Crippen molar-refractivity contribution in [1.82, 2.24) is 9.55 Å². The van der Waals surface area contributed by atoms with Crippen molar-refractivity contribution in [2.75, 3.05) is 11.5 Å². The molecule has 1 atom stereocenters. The molecule has 0 saturated heterocycles. The lowest BCUT2D eigenvalue weighted by Gasteiger charge is -2.14. The fourth-order valence-electron chi connectivity index (χ4n) is 1.52. The third kappa shape index (κ3) is 1.79. The van der Waals surface area contributed by atoms with Crippen molar-refractivity contribution in [2.24, 2.45) is 0 Å². The zero-order valence-corrected chi connectivity index (χ0v) is 8.59. The number of benzene rings is 1. The Balaban J connectivity index is 2.34. The van der Waals surface area contributed by atoms with Crippen molar-refractivity contribution in [3.63, 3.8) is 0 Å². The van der Waals surface area contributed by atoms with Gasteiger partial charge in [0.2, 0.25) is 0 Å². The standard InChI is InChI=1S/C11H14N4/c1-8(15-5-4-14-7-15)9-2-3-10(12)11(13)6-9/h2-8H,12-13H2,1H3. The van der Waals surface area contributed by atoms with E-state index in [4.69, 9.17) is 11.5 Å². The first-order valence-corrected chi connectivity index (χ1v) is 4.81. The number of nitrogens with two attached hydrogens (primary N) is 2. The molecule has 0 fully saturated rings. The van der Waals surface area contributed by atoms with Crippen LogP contribution in [0.2, 0.25) is 0 Å². The van der Waals surface area contributed by atoms with E-state index in [1.165, 1.54) is 0 Å². The Bertz CT molecular complexity index is 448. The van der Waals surface area contributed by atoms with Crippen LogP contribution in [0.5, 0.6) is 0 Å². The summed E-state index contributed by atoms with van der Waals surface area (Å²) in [6, 6.07) is 5.93. The van der Waals surface area contributed by atoms with Crippen LogP contribution < -0.4 is 11.5 Å². The van der Waals surface area contributed by atoms with Crippen LogP contribution in [0, 0.1) is 0 Å². The lowest BCUT2D eigenvalue weighted by Crippen LogP contribution is -2.05. The average Bonchev–Trinajstić information content (AvgIpc) is 2.74. The van der Waals surface area contributed by atoms with Crippen LogP contribution in [-0.2, 0) is 0 Å². The third-order valence-corrected chi connectivity index (χ3v) is 2.57. The number of hydrogen-bond acceptors (Lipinski definition) is 3. The zero-order valence-electron chi connectivity index (χ0n) is 8.59. The SMILES string of the molecule is CC(c1ccc(N)c(N)c1)n1ccnc1. The smallest absolute Gasteiger partial charge is 0.0951 e. The van der Waals surface area contributed by atoms with Crippen molar-refractivity contribution >= 4 is 11.4 Å². The van der Waals surface area contributed by atoms with Crippen molar-refractivity contribution in [1.29, 1.82) is 0 Å². The molecule has 1 unspecified atom stereocenters. The fourth-order valence-corrected chi connectivity index (χ4v) is 1.52. The summed E-state index contributed by atoms with van der Waals surface area (Å²) in [6.45, 7) is 2.09. The molecule has 2 rings (SSSR count). The Kier molecular flexibility index (Phi) is 2.33. The van der Waals surface area contributed by atoms with Crippen LogP contribution in [0.25, 0.3) is 0 Å². The molecule has 1 heterocycles. The Morgan fingerprint density at radius 2 is 2.07 bits per heavy atom. The molecule has 2 aromatic rings. The minimum atomic E-state index is 0.218. The summed E-state index contributed by atoms with van der Waals surface area (Å²) < 4.78 is 2.02. The van der Waals surface area contributed by atoms with Crippen molar-refractivity contribution < 1.29 is 0 Å². The molecular formula is C11H14N4. The van der Waals surface area contributed by atoms with E-state index in [1.54, 1.807) is 12.5 Å². The molecular weight excluding hydrogens is 188 g/mol. The van der Waals surface area contributed by atoms with Crippen molar-refractivity contribution in [2.45, 2.75) is 13.0 Å². The van der Waals surface area contributed by atoms with Crippen LogP contribution in [-0.4, -0.2) is 9.55 Å². The maximum atomic E-state index is 5.76. The summed E-state index contributed by atoms with van der Waals surface area (Å²) >= 11 is 0. The number of hydrogen-bond donors (Lipinski definition) is 2. The monoisotopic (exact) mass is 202 g/mol. The average molecular weight is 202 g/mol. The van der Waals surface area contributed by atoms with Crippen LogP contribution in [0.3, 0.4) is 0 Å². The summed E-state index contributed by atoms with van der Waals surface area (Å²) in [7, 11) is 0. The van der Waals surface area contributed by atoms with Crippen LogP contribution in [0.1, 0.15) is 18.5 Å². The van der Waals surface area contributed by atoms with Gasteiger partial charge in [-0.15, -0.1) is 0 Å². The van der Waals surface area contributed by atoms with E-state index in [-0.39, 0.29) is 6.04 Å². The lowest BCUT2D eigenvalue weighted by atomic mass is 10.1. The van der Waals surface area contributed by atoms with E-state index in [9.17, 15) is 0 Å². The van der Waals surface area contributed by atoms with Gasteiger partial charge in [-0.3, -0.25) is 0 Å². The summed E-state index contributed by atoms with van der Waals surface area (Å²) in [6.07, 6.45) is 5.48. The van der Waals surface area contributed by atoms with E-state index < -0.39 is 0 Å². The molecule has 0 aliphatic rings. The maximum absolute atomic E-state index is 5.76. The van der Waals surface area contributed by atoms with Gasteiger partial charge < -0.3 is 16.0 Å². The zero-order chi connectivity index (χ0) is 10.8. The Morgan fingerprint density at radius 1 is 1.27 bits per heavy atom. The molecule has 0 spiro atoms. The molecule has 1 aromatic carbocycles. The van der Waals surface area contributed by atoms with Gasteiger partial charge in [0, 0.05) is 12.4 Å². The van der Waals surface area contributed by atoms with Gasteiger partial charge in [0.1, 0.15) is 0 Å². The molecule has 0 amide bonds. The second-order valence-corrected chi connectivity index (χ2v) is 3.57. The highest BCUT2D eigenvalue weighted by Crippen LogP contribution is 2.23. The van der Waals surface area contributed by atoms with E-state index in [0.29, 0.717) is 11.4 Å². The highest BCUT2D eigenvalue weighted by Gasteiger charge is 2.07. The first kappa shape index (κ1) is 9.58. The molecule has 0 aliphatic carbocycles. The number of aromatic nitrogens is 2. The van der Waals surface area contributed by atoms with Crippen molar-refractivity contribution in [3.8, 4) is 0 Å². The molecule has 0 bridgehead atoms. The first-order valence-electron chi connectivity index (χ1n) is 4.81. The molecule has 78 valence electrons. The summed E-state index contributed by atoms with van der Waals surface area (Å²) in [5.74, 6) is 0. The Morgan fingerprint density at radius 3 is 2.67 bits per heavy atom. The molecule has 0 saturated carbocycles. The quantitative estimate of drug-likeness (QED) is 0.727. The van der Waals surface area contributed by atoms with E-state index in [0.717, 1.165) is 5.56 Å². The van der Waals surface area contributed by atoms with Gasteiger partial charge in [-0.2, -0.15) is 0 Å². The molecule has 1 aromatic heterocycles. The number of rotatable bonds is 2. The highest BCUT2D eigenvalue weighted by molar-refractivity contribution is 5.64. The molecule has 4 nitrogen and oxygen atoms in total. The van der Waals surface area contributed by atoms with Gasteiger partial charge in [0.25, 0.3) is 0 Å². The van der Waals surface area contributed by atoms with Gasteiger partial charge in [-0.05, 0) is 24.6 Å². The van der Waals surface area contributed by atoms with Gasteiger partial charge in [0.15, 0.2) is 0 Å². The molecule has 4 N–H and O–H groups in total. The second kappa shape index (κ2) is 3.65. The summed E-state index contributed by atoms with van der Waals surface area (Å²) in [4.78, 5) is 4.02. The van der Waals surface area contributed by atoms with Gasteiger partial charge in [0.05, 0.1) is 23.7 Å². The minimum Gasteiger partial charge on any atom is -0.397 e. The van der Waals surface area contributed by atoms with Crippen LogP contribution in [0.15, 0.2) is 36.9 Å². The second-order valence-electron chi connectivity index (χ2n) is 3.57. The number of anilines is 2. The predicted molar refractivity (Wildman–Crippen MR) is 61.3 cm³/mol. The largest absolute Gasteiger partial charge is 0.397 e. The predicted octanol–water partition coefficient (Wildman–Crippen LogP) is 1.66. The third-order valence-electron chi connectivity index (χ3n) is 2.57. The number of nitrogen functional groups attached to an aromatic ring is 2. The summed E-state index contributed by atoms with van der Waals surface area (Å²) in [5.41, 5.74) is 13.8. The molecule has 0 radical (unpaired) electrons. The topological polar surface area (TPSA) is 69.9 Å². The van der Waals surface area contributed by atoms with Gasteiger partial charge in [-0.1, -0.05) is 6.07 Å². The number of nitrogens with zero attached hydrogens (tertiary/aromatic N) is 2. The highest BCUT2D eigenvalue weighted by atomic mass is 15.0. The van der Waals surface area contributed by atoms with E-state index in [2.05, 4.69) is 11.9 Å².